The van der Waals surface area contributed by atoms with Crippen LogP contribution in [0.2, 0.25) is 10.0 Å². The fourth-order valence-electron chi connectivity index (χ4n) is 6.38. The number of aliphatic hydroxyl groups is 2. The number of nitrogens with zero attached hydrogens (tertiary/aromatic N) is 5. The Bertz CT molecular complexity index is 1750. The van der Waals surface area contributed by atoms with Crippen molar-refractivity contribution < 1.29 is 24.5 Å². The molecule has 4 atom stereocenters. The molecule has 1 aliphatic heterocycles. The first-order chi connectivity index (χ1) is 24.9. The van der Waals surface area contributed by atoms with Gasteiger partial charge in [0.05, 0.1) is 12.9 Å². The summed E-state index contributed by atoms with van der Waals surface area (Å²) in [6.45, 7) is 12.0. The summed E-state index contributed by atoms with van der Waals surface area (Å²) in [4.78, 5) is 41.7. The summed E-state index contributed by atoms with van der Waals surface area (Å²) in [5, 5.41) is 34.7. The van der Waals surface area contributed by atoms with Gasteiger partial charge >= 0.3 is 6.03 Å². The topological polar surface area (TPSA) is 179 Å². The molecule has 1 fully saturated rings. The van der Waals surface area contributed by atoms with Crippen LogP contribution in [0.15, 0.2) is 54.9 Å². The number of amides is 3. The Kier molecular flexibility index (Phi) is 13.3. The molecule has 3 amide bonds. The van der Waals surface area contributed by atoms with E-state index in [4.69, 9.17) is 37.9 Å². The molecule has 52 heavy (non-hydrogen) atoms. The number of carbonyl (C=O) groups excluding carboxylic acids is 2. The smallest absolute Gasteiger partial charge is 0.315 e. The number of fused-ring (bicyclic) bond motifs is 1. The number of hydrogen-bond acceptors (Lipinski definition) is 10. The molecule has 0 spiro atoms. The van der Waals surface area contributed by atoms with Crippen LogP contribution in [0.5, 0.6) is 0 Å². The van der Waals surface area contributed by atoms with Crippen LogP contribution < -0.4 is 21.3 Å². The van der Waals surface area contributed by atoms with Crippen LogP contribution in [0.4, 0.5) is 10.6 Å². The molecule has 280 valence electrons. The zero-order chi connectivity index (χ0) is 37.5. The Morgan fingerprint density at radius 1 is 0.904 bits per heavy atom. The number of anilines is 1. The molecule has 0 unspecified atom stereocenters. The van der Waals surface area contributed by atoms with Gasteiger partial charge in [-0.3, -0.25) is 14.3 Å². The van der Waals surface area contributed by atoms with Gasteiger partial charge in [0.15, 0.2) is 35.1 Å². The van der Waals surface area contributed by atoms with E-state index in [0.717, 1.165) is 11.1 Å². The van der Waals surface area contributed by atoms with Gasteiger partial charge in [0, 0.05) is 54.2 Å². The predicted octanol–water partition coefficient (Wildman–Crippen LogP) is 4.05. The van der Waals surface area contributed by atoms with Crippen LogP contribution in [0.1, 0.15) is 63.7 Å². The number of ether oxygens (including phenoxy) is 1. The predicted molar refractivity (Wildman–Crippen MR) is 200 cm³/mol. The molecule has 3 heterocycles. The molecule has 1 aliphatic rings. The van der Waals surface area contributed by atoms with Crippen molar-refractivity contribution in [3.63, 3.8) is 0 Å². The first-order valence-corrected chi connectivity index (χ1v) is 18.2. The largest absolute Gasteiger partial charge is 0.387 e. The molecule has 6 N–H and O–H groups in total. The highest BCUT2D eigenvalue weighted by atomic mass is 35.5. The fourth-order valence-corrected chi connectivity index (χ4v) is 6.63. The second-order valence-corrected chi connectivity index (χ2v) is 14.1. The molecular formula is C36H47Cl2N9O5. The lowest BCUT2D eigenvalue weighted by Gasteiger charge is -2.30. The second-order valence-electron chi connectivity index (χ2n) is 13.2. The molecule has 16 heteroatoms. The van der Waals surface area contributed by atoms with Crippen molar-refractivity contribution in [1.82, 2.24) is 40.4 Å². The first-order valence-electron chi connectivity index (χ1n) is 17.4. The summed E-state index contributed by atoms with van der Waals surface area (Å²) in [7, 11) is 0. The van der Waals surface area contributed by atoms with E-state index < -0.39 is 30.4 Å². The number of rotatable bonds is 15. The highest BCUT2D eigenvalue weighted by molar-refractivity contribution is 6.30. The molecule has 5 rings (SSSR count). The molecule has 2 aromatic carbocycles. The van der Waals surface area contributed by atoms with Gasteiger partial charge < -0.3 is 36.2 Å². The van der Waals surface area contributed by atoms with Gasteiger partial charge in [-0.2, -0.15) is 0 Å². The van der Waals surface area contributed by atoms with Gasteiger partial charge in [0.2, 0.25) is 0 Å². The Morgan fingerprint density at radius 2 is 1.52 bits per heavy atom. The van der Waals surface area contributed by atoms with E-state index in [2.05, 4.69) is 58.8 Å². The van der Waals surface area contributed by atoms with Crippen molar-refractivity contribution in [2.45, 2.75) is 83.7 Å². The van der Waals surface area contributed by atoms with Gasteiger partial charge in [-0.05, 0) is 70.0 Å². The molecule has 1 saturated heterocycles. The first kappa shape index (κ1) is 39.2. The van der Waals surface area contributed by atoms with E-state index in [0.29, 0.717) is 59.6 Å². The number of aromatic nitrogens is 4. The molecule has 14 nitrogen and oxygen atoms in total. The van der Waals surface area contributed by atoms with Crippen LogP contribution in [-0.2, 0) is 16.1 Å². The number of nitrogens with one attached hydrogen (secondary N) is 4. The van der Waals surface area contributed by atoms with Crippen molar-refractivity contribution in [3.8, 4) is 0 Å². The summed E-state index contributed by atoms with van der Waals surface area (Å²) in [5.74, 6) is -0.0835. The van der Waals surface area contributed by atoms with E-state index in [1.165, 1.54) is 10.9 Å². The van der Waals surface area contributed by atoms with E-state index in [-0.39, 0.29) is 30.0 Å². The van der Waals surface area contributed by atoms with Gasteiger partial charge in [-0.1, -0.05) is 47.5 Å². The Morgan fingerprint density at radius 3 is 2.10 bits per heavy atom. The molecule has 4 aromatic rings. The van der Waals surface area contributed by atoms with Crippen molar-refractivity contribution in [3.05, 3.63) is 81.9 Å². The number of imidazole rings is 1. The number of urea groups is 1. The number of aliphatic hydroxyl groups excluding tert-OH is 2. The van der Waals surface area contributed by atoms with E-state index >= 15 is 0 Å². The maximum atomic E-state index is 12.9. The Hall–Kier alpha value is -4.05. The van der Waals surface area contributed by atoms with Crippen molar-refractivity contribution in [2.75, 3.05) is 31.5 Å². The minimum Gasteiger partial charge on any atom is -0.387 e. The molecule has 0 aliphatic carbocycles. The summed E-state index contributed by atoms with van der Waals surface area (Å²) in [6, 6.07) is 15.4. The average Bonchev–Trinajstić information content (AvgIpc) is 3.66. The lowest BCUT2D eigenvalue weighted by molar-refractivity contribution is -0.137. The van der Waals surface area contributed by atoms with Gasteiger partial charge in [0.25, 0.3) is 5.91 Å². The van der Waals surface area contributed by atoms with Gasteiger partial charge in [-0.25, -0.2) is 19.7 Å². The maximum Gasteiger partial charge on any atom is 0.315 e. The molecule has 0 radical (unpaired) electrons. The monoisotopic (exact) mass is 755 g/mol. The standard InChI is InChI=1S/C36H47Cl2N9O5/c1-6-39-34(50)31-29(48)30(49)35(52-31)47-19-43-28-32(41-17-26(22-7-11-24(37)12-8-22)23-9-13-25(38)14-10-23)44-27(45-33(28)47)18-42-36(51)40-15-16-46(20(2)3)21(4)5/h7-14,19-21,26,29-31,35,48-49H,6,15-18H2,1-5H3,(H,39,50)(H2,40,42,51)(H,41,44,45)/t29-,30+,31-,35+/m0/s1. The van der Waals surface area contributed by atoms with Gasteiger partial charge in [0.1, 0.15) is 12.2 Å². The molecule has 0 bridgehead atoms. The molecule has 2 aromatic heterocycles. The normalized spacial score (nSPS) is 18.9. The highest BCUT2D eigenvalue weighted by Crippen LogP contribution is 2.34. The Labute approximate surface area is 313 Å². The average molecular weight is 757 g/mol. The zero-order valence-corrected chi connectivity index (χ0v) is 31.4. The second kappa shape index (κ2) is 17.6. The van der Waals surface area contributed by atoms with Crippen molar-refractivity contribution >= 4 is 52.1 Å². The van der Waals surface area contributed by atoms with E-state index in [9.17, 15) is 19.8 Å². The number of carbonyl (C=O) groups is 2. The SMILES string of the molecule is CCNC(=O)[C@H]1O[C@@H](n2cnc3c(NCC(c4ccc(Cl)cc4)c4ccc(Cl)cc4)nc(CNC(=O)NCCN(C(C)C)C(C)C)nc32)[C@H](O)[C@@H]1O. The van der Waals surface area contributed by atoms with Gasteiger partial charge in [-0.15, -0.1) is 0 Å². The van der Waals surface area contributed by atoms with Crippen LogP contribution in [-0.4, -0.2) is 103 Å². The lowest BCUT2D eigenvalue weighted by atomic mass is 9.91. The summed E-state index contributed by atoms with van der Waals surface area (Å²) in [6.07, 6.45) is -4.01. The Balaban J connectivity index is 1.43. The maximum absolute atomic E-state index is 12.9. The fraction of sp³-hybridized carbons (Fsp3) is 0.472. The summed E-state index contributed by atoms with van der Waals surface area (Å²) in [5.41, 5.74) is 2.61. The quantitative estimate of drug-likeness (QED) is 0.104. The van der Waals surface area contributed by atoms with E-state index in [1.807, 2.05) is 48.5 Å². The molecular weight excluding hydrogens is 709 g/mol. The van der Waals surface area contributed by atoms with E-state index in [1.54, 1.807) is 6.92 Å². The van der Waals surface area contributed by atoms with Crippen LogP contribution in [0, 0.1) is 0 Å². The number of benzene rings is 2. The number of halogens is 2. The third kappa shape index (κ3) is 9.29. The third-order valence-electron chi connectivity index (χ3n) is 9.00. The zero-order valence-electron chi connectivity index (χ0n) is 29.9. The highest BCUT2D eigenvalue weighted by Gasteiger charge is 2.47. The van der Waals surface area contributed by atoms with Crippen LogP contribution in [0.25, 0.3) is 11.2 Å². The third-order valence-corrected chi connectivity index (χ3v) is 9.50. The van der Waals surface area contributed by atoms with Crippen molar-refractivity contribution in [2.24, 2.45) is 0 Å². The number of hydrogen-bond donors (Lipinski definition) is 6. The minimum absolute atomic E-state index is 0.0320. The van der Waals surface area contributed by atoms with Crippen molar-refractivity contribution in [1.29, 1.82) is 0 Å². The van der Waals surface area contributed by atoms with Crippen LogP contribution in [0.3, 0.4) is 0 Å². The minimum atomic E-state index is -1.49. The number of likely N-dealkylation sites (N-methyl/N-ethyl adjacent to an activating group) is 1. The molecule has 0 saturated carbocycles. The lowest BCUT2D eigenvalue weighted by Crippen LogP contribution is -2.44. The summed E-state index contributed by atoms with van der Waals surface area (Å²) >= 11 is 12.4. The van der Waals surface area contributed by atoms with Crippen LogP contribution >= 0.6 is 23.2 Å². The summed E-state index contributed by atoms with van der Waals surface area (Å²) < 4.78 is 7.35.